The van der Waals surface area contributed by atoms with Crippen LogP contribution in [-0.2, 0) is 14.4 Å². The zero-order chi connectivity index (χ0) is 18.7. The number of carbonyl (C=O) groups is 3. The van der Waals surface area contributed by atoms with Gasteiger partial charge in [-0.15, -0.1) is 0 Å². The smallest absolute Gasteiger partial charge is 0.166 e. The second-order valence-electron chi connectivity index (χ2n) is 6.59. The quantitative estimate of drug-likeness (QED) is 0.526. The Kier molecular flexibility index (Phi) is 12.0. The molecule has 0 heterocycles. The van der Waals surface area contributed by atoms with Crippen molar-refractivity contribution in [2.45, 2.75) is 66.0 Å². The van der Waals surface area contributed by atoms with Crippen molar-refractivity contribution in [3.8, 4) is 0 Å². The van der Waals surface area contributed by atoms with E-state index in [0.717, 1.165) is 0 Å². The Labute approximate surface area is 141 Å². The monoisotopic (exact) mass is 329 g/mol. The second kappa shape index (κ2) is 11.4. The van der Waals surface area contributed by atoms with Crippen LogP contribution in [0.4, 0.5) is 0 Å². The van der Waals surface area contributed by atoms with Crippen LogP contribution in [0, 0.1) is 0 Å². The highest BCUT2D eigenvalue weighted by molar-refractivity contribution is 5.90. The van der Waals surface area contributed by atoms with Crippen molar-refractivity contribution < 1.29 is 14.4 Å². The summed E-state index contributed by atoms with van der Waals surface area (Å²) >= 11 is 0. The predicted octanol–water partition coefficient (Wildman–Crippen LogP) is 1.09. The van der Waals surface area contributed by atoms with Crippen molar-refractivity contribution in [2.75, 3.05) is 26.7 Å². The van der Waals surface area contributed by atoms with E-state index in [2.05, 4.69) is 16.0 Å². The number of Topliss-reactive ketones (excluding diaryl/α,β-unsaturated/α-hetero) is 3. The van der Waals surface area contributed by atoms with Gasteiger partial charge in [-0.05, 0) is 41.7 Å². The molecule has 0 aromatic heterocycles. The van der Waals surface area contributed by atoms with Crippen LogP contribution in [0.1, 0.15) is 54.9 Å². The first-order valence-corrected chi connectivity index (χ1v) is 8.19. The molecule has 0 saturated carbocycles. The third-order valence-corrected chi connectivity index (χ3v) is 3.22. The molecular formula is C17H35N3O3. The van der Waals surface area contributed by atoms with Gasteiger partial charge in [0.2, 0.25) is 0 Å². The summed E-state index contributed by atoms with van der Waals surface area (Å²) in [5.74, 6) is 0.0381. The lowest BCUT2D eigenvalue weighted by molar-refractivity contribution is -0.125. The fourth-order valence-electron chi connectivity index (χ4n) is 1.80. The number of rotatable bonds is 11. The topological polar surface area (TPSA) is 87.3 Å². The van der Waals surface area contributed by atoms with Gasteiger partial charge < -0.3 is 10.6 Å². The van der Waals surface area contributed by atoms with E-state index in [4.69, 9.17) is 0 Å². The Morgan fingerprint density at radius 2 is 1.39 bits per heavy atom. The minimum Gasteiger partial charge on any atom is -0.313 e. The molecule has 0 aromatic rings. The Morgan fingerprint density at radius 3 is 1.83 bits per heavy atom. The van der Waals surface area contributed by atoms with Gasteiger partial charge in [-0.1, -0.05) is 13.8 Å². The van der Waals surface area contributed by atoms with Gasteiger partial charge in [0.1, 0.15) is 11.6 Å². The van der Waals surface area contributed by atoms with E-state index in [1.807, 2.05) is 27.7 Å². The van der Waals surface area contributed by atoms with Crippen molar-refractivity contribution >= 4 is 17.3 Å². The van der Waals surface area contributed by atoms with Crippen molar-refractivity contribution in [3.63, 3.8) is 0 Å². The van der Waals surface area contributed by atoms with E-state index in [1.165, 1.54) is 6.92 Å². The molecule has 0 amide bonds. The van der Waals surface area contributed by atoms with Crippen molar-refractivity contribution in [3.05, 3.63) is 0 Å². The summed E-state index contributed by atoms with van der Waals surface area (Å²) in [5.41, 5.74) is -1.22. The first-order valence-electron chi connectivity index (χ1n) is 8.19. The standard InChI is InChI=1S/C15H29N3O3.C2H6/c1-11(19)8-18-15(4,5)13(21)10-17-14(2,3)7-12(20)9-16-6;1-2/h16-18H,7-10H2,1-6H3;1-2H3. The number of hydrogen-bond donors (Lipinski definition) is 3. The molecule has 0 aliphatic heterocycles. The van der Waals surface area contributed by atoms with Crippen LogP contribution < -0.4 is 16.0 Å². The molecule has 0 spiro atoms. The van der Waals surface area contributed by atoms with Crippen LogP contribution in [0.2, 0.25) is 0 Å². The number of carbonyl (C=O) groups excluding carboxylic acids is 3. The maximum atomic E-state index is 12.2. The van der Waals surface area contributed by atoms with Gasteiger partial charge in [-0.2, -0.15) is 0 Å². The fourth-order valence-corrected chi connectivity index (χ4v) is 1.80. The Morgan fingerprint density at radius 1 is 0.870 bits per heavy atom. The van der Waals surface area contributed by atoms with E-state index in [1.54, 1.807) is 20.9 Å². The van der Waals surface area contributed by atoms with Crippen LogP contribution in [0.3, 0.4) is 0 Å². The molecule has 0 atom stereocenters. The minimum atomic E-state index is -0.774. The molecule has 23 heavy (non-hydrogen) atoms. The zero-order valence-electron chi connectivity index (χ0n) is 16.1. The van der Waals surface area contributed by atoms with Gasteiger partial charge in [-0.25, -0.2) is 0 Å². The van der Waals surface area contributed by atoms with E-state index in [-0.39, 0.29) is 30.4 Å². The van der Waals surface area contributed by atoms with Gasteiger partial charge in [0.15, 0.2) is 5.78 Å². The molecule has 0 rings (SSSR count). The van der Waals surface area contributed by atoms with Gasteiger partial charge >= 0.3 is 0 Å². The normalized spacial score (nSPS) is 11.5. The highest BCUT2D eigenvalue weighted by Gasteiger charge is 2.29. The van der Waals surface area contributed by atoms with E-state index < -0.39 is 11.1 Å². The molecule has 0 saturated heterocycles. The highest BCUT2D eigenvalue weighted by atomic mass is 16.1. The summed E-state index contributed by atoms with van der Waals surface area (Å²) < 4.78 is 0. The van der Waals surface area contributed by atoms with Crippen LogP contribution in [-0.4, -0.2) is 55.1 Å². The third-order valence-electron chi connectivity index (χ3n) is 3.22. The van der Waals surface area contributed by atoms with Crippen LogP contribution in [0.15, 0.2) is 0 Å². The van der Waals surface area contributed by atoms with Gasteiger partial charge in [0.25, 0.3) is 0 Å². The Bertz CT molecular complexity index is 391. The maximum absolute atomic E-state index is 12.2. The predicted molar refractivity (Wildman–Crippen MR) is 94.8 cm³/mol. The van der Waals surface area contributed by atoms with Crippen molar-refractivity contribution in [2.24, 2.45) is 0 Å². The molecule has 3 N–H and O–H groups in total. The minimum absolute atomic E-state index is 0.0122. The molecule has 0 aliphatic rings. The molecule has 0 aromatic carbocycles. The number of hydrogen-bond acceptors (Lipinski definition) is 6. The number of likely N-dealkylation sites (N-methyl/N-ethyl adjacent to an activating group) is 1. The lowest BCUT2D eigenvalue weighted by atomic mass is 9.94. The van der Waals surface area contributed by atoms with Crippen molar-refractivity contribution in [1.29, 1.82) is 0 Å². The van der Waals surface area contributed by atoms with Crippen LogP contribution in [0.5, 0.6) is 0 Å². The number of nitrogens with one attached hydrogen (secondary N) is 3. The fraction of sp³-hybridized carbons (Fsp3) is 0.824. The summed E-state index contributed by atoms with van der Waals surface area (Å²) in [6.07, 6.45) is 0.350. The molecule has 0 bridgehead atoms. The first kappa shape index (κ1) is 24.1. The number of ketones is 3. The Hall–Kier alpha value is -1.11. The summed E-state index contributed by atoms with van der Waals surface area (Å²) in [6.45, 7) is 13.4. The van der Waals surface area contributed by atoms with Gasteiger partial charge in [-0.3, -0.25) is 19.7 Å². The summed E-state index contributed by atoms with van der Waals surface area (Å²) in [5, 5.41) is 8.88. The summed E-state index contributed by atoms with van der Waals surface area (Å²) in [6, 6.07) is 0. The largest absolute Gasteiger partial charge is 0.313 e. The summed E-state index contributed by atoms with van der Waals surface area (Å²) in [4.78, 5) is 34.8. The first-order chi connectivity index (χ1) is 10.5. The van der Waals surface area contributed by atoms with Gasteiger partial charge in [0.05, 0.1) is 25.2 Å². The second-order valence-corrected chi connectivity index (χ2v) is 6.59. The molecule has 0 fully saturated rings. The van der Waals surface area contributed by atoms with Gasteiger partial charge in [0, 0.05) is 12.0 Å². The third kappa shape index (κ3) is 12.0. The molecule has 6 heteroatoms. The average molecular weight is 329 g/mol. The van der Waals surface area contributed by atoms with Crippen molar-refractivity contribution in [1.82, 2.24) is 16.0 Å². The zero-order valence-corrected chi connectivity index (χ0v) is 16.1. The lowest BCUT2D eigenvalue weighted by Gasteiger charge is -2.29. The SMILES string of the molecule is CC.CNCC(=O)CC(C)(C)NCC(=O)C(C)(C)NCC(C)=O. The van der Waals surface area contributed by atoms with Crippen LogP contribution >= 0.6 is 0 Å². The highest BCUT2D eigenvalue weighted by Crippen LogP contribution is 2.10. The molecule has 6 nitrogen and oxygen atoms in total. The molecule has 0 aliphatic carbocycles. The molecule has 0 radical (unpaired) electrons. The van der Waals surface area contributed by atoms with E-state index in [9.17, 15) is 14.4 Å². The molecule has 136 valence electrons. The maximum Gasteiger partial charge on any atom is 0.166 e. The Balaban J connectivity index is 0. The lowest BCUT2D eigenvalue weighted by Crippen LogP contribution is -2.54. The van der Waals surface area contributed by atoms with E-state index >= 15 is 0 Å². The average Bonchev–Trinajstić information content (AvgIpc) is 2.44. The van der Waals surface area contributed by atoms with Crippen LogP contribution in [0.25, 0.3) is 0 Å². The summed E-state index contributed by atoms with van der Waals surface area (Å²) in [7, 11) is 1.73. The molecular weight excluding hydrogens is 294 g/mol. The van der Waals surface area contributed by atoms with E-state index in [0.29, 0.717) is 13.0 Å². The molecule has 0 unspecified atom stereocenters.